The van der Waals surface area contributed by atoms with Crippen molar-refractivity contribution >= 4 is 5.91 Å². The van der Waals surface area contributed by atoms with Gasteiger partial charge >= 0.3 is 0 Å². The van der Waals surface area contributed by atoms with Crippen LogP contribution in [0.1, 0.15) is 32.1 Å². The van der Waals surface area contributed by atoms with Crippen LogP contribution < -0.4 is 15.8 Å². The maximum Gasteiger partial charge on any atom is 0.223 e. The van der Waals surface area contributed by atoms with Crippen LogP contribution >= 0.6 is 0 Å². The molecule has 0 heterocycles. The minimum atomic E-state index is 0.0623. The fourth-order valence-electron chi connectivity index (χ4n) is 2.98. The number of para-hydroxylation sites is 1. The Labute approximate surface area is 127 Å². The number of hydrogen-bond donors (Lipinski definition) is 2. The monoisotopic (exact) mass is 290 g/mol. The molecule has 4 heteroatoms. The highest BCUT2D eigenvalue weighted by Crippen LogP contribution is 2.28. The number of nitrogens with one attached hydrogen (secondary N) is 1. The third-order valence-electron chi connectivity index (χ3n) is 4.27. The molecule has 1 fully saturated rings. The summed E-state index contributed by atoms with van der Waals surface area (Å²) < 4.78 is 5.53. The second-order valence-corrected chi connectivity index (χ2v) is 5.76. The number of amides is 1. The van der Waals surface area contributed by atoms with E-state index in [1.54, 1.807) is 0 Å². The van der Waals surface area contributed by atoms with Gasteiger partial charge in [0.05, 0.1) is 13.0 Å². The molecule has 1 amide bonds. The van der Waals surface area contributed by atoms with Crippen LogP contribution in [0.5, 0.6) is 5.75 Å². The highest BCUT2D eigenvalue weighted by molar-refractivity contribution is 5.75. The first kappa shape index (κ1) is 15.8. The van der Waals surface area contributed by atoms with Crippen molar-refractivity contribution < 1.29 is 9.53 Å². The lowest BCUT2D eigenvalue weighted by Crippen LogP contribution is -2.37. The van der Waals surface area contributed by atoms with E-state index in [2.05, 4.69) is 5.32 Å². The molecule has 21 heavy (non-hydrogen) atoms. The van der Waals surface area contributed by atoms with Crippen LogP contribution in [0.25, 0.3) is 0 Å². The Morgan fingerprint density at radius 3 is 2.62 bits per heavy atom. The number of benzene rings is 1. The molecule has 1 aromatic rings. The molecular weight excluding hydrogens is 264 g/mol. The topological polar surface area (TPSA) is 64.3 Å². The molecule has 0 saturated heterocycles. The molecule has 2 unspecified atom stereocenters. The van der Waals surface area contributed by atoms with Crippen molar-refractivity contribution in [1.82, 2.24) is 5.32 Å². The maximum atomic E-state index is 11.8. The second kappa shape index (κ2) is 8.67. The fraction of sp³-hybridized carbons (Fsp3) is 0.588. The van der Waals surface area contributed by atoms with Crippen LogP contribution in [-0.4, -0.2) is 25.6 Å². The first-order chi connectivity index (χ1) is 10.3. The molecule has 0 bridgehead atoms. The predicted octanol–water partition coefficient (Wildman–Crippen LogP) is 2.34. The fourth-order valence-corrected chi connectivity index (χ4v) is 2.98. The number of carbonyl (C=O) groups excluding carboxylic acids is 1. The largest absolute Gasteiger partial charge is 0.493 e. The van der Waals surface area contributed by atoms with Gasteiger partial charge < -0.3 is 15.8 Å². The Kier molecular flexibility index (Phi) is 6.54. The van der Waals surface area contributed by atoms with Gasteiger partial charge in [-0.15, -0.1) is 0 Å². The van der Waals surface area contributed by atoms with Crippen molar-refractivity contribution in [2.75, 3.05) is 19.7 Å². The van der Waals surface area contributed by atoms with E-state index >= 15 is 0 Å². The first-order valence-electron chi connectivity index (χ1n) is 7.94. The summed E-state index contributed by atoms with van der Waals surface area (Å²) in [5, 5.41) is 3.03. The molecule has 0 aromatic heterocycles. The Balaban J connectivity index is 1.63. The van der Waals surface area contributed by atoms with E-state index in [9.17, 15) is 4.79 Å². The van der Waals surface area contributed by atoms with Gasteiger partial charge in [0.25, 0.3) is 0 Å². The lowest BCUT2D eigenvalue weighted by molar-refractivity contribution is -0.121. The molecule has 0 aliphatic heterocycles. The Morgan fingerprint density at radius 1 is 1.19 bits per heavy atom. The summed E-state index contributed by atoms with van der Waals surface area (Å²) in [5.74, 6) is 1.98. The molecule has 3 N–H and O–H groups in total. The lowest BCUT2D eigenvalue weighted by atomic mass is 9.79. The molecule has 1 saturated carbocycles. The molecule has 4 nitrogen and oxygen atoms in total. The minimum absolute atomic E-state index is 0.0623. The van der Waals surface area contributed by atoms with Crippen molar-refractivity contribution in [1.29, 1.82) is 0 Å². The quantitative estimate of drug-likeness (QED) is 0.810. The van der Waals surface area contributed by atoms with Crippen LogP contribution in [0, 0.1) is 11.8 Å². The summed E-state index contributed by atoms with van der Waals surface area (Å²) in [6, 6.07) is 9.58. The molecule has 116 valence electrons. The summed E-state index contributed by atoms with van der Waals surface area (Å²) >= 11 is 0. The van der Waals surface area contributed by atoms with Crippen LogP contribution in [0.4, 0.5) is 0 Å². The second-order valence-electron chi connectivity index (χ2n) is 5.76. The van der Waals surface area contributed by atoms with E-state index in [1.165, 1.54) is 25.7 Å². The first-order valence-corrected chi connectivity index (χ1v) is 7.94. The van der Waals surface area contributed by atoms with Gasteiger partial charge in [0.2, 0.25) is 5.91 Å². The number of hydrogen-bond acceptors (Lipinski definition) is 3. The van der Waals surface area contributed by atoms with Crippen molar-refractivity contribution in [3.63, 3.8) is 0 Å². The standard InChI is InChI=1S/C17H26N2O2/c18-12-14-6-4-5-7-15(14)13-19-17(20)10-11-21-16-8-2-1-3-9-16/h1-3,8-9,14-15H,4-7,10-13,18H2,(H,19,20). The molecule has 2 atom stereocenters. The van der Waals surface area contributed by atoms with Crippen LogP contribution in [-0.2, 0) is 4.79 Å². The SMILES string of the molecule is NCC1CCCCC1CNC(=O)CCOc1ccccc1. The lowest BCUT2D eigenvalue weighted by Gasteiger charge is -2.30. The van der Waals surface area contributed by atoms with Crippen molar-refractivity contribution in [3.05, 3.63) is 30.3 Å². The summed E-state index contributed by atoms with van der Waals surface area (Å²) in [6.45, 7) is 1.91. The average molecular weight is 290 g/mol. The highest BCUT2D eigenvalue weighted by Gasteiger charge is 2.23. The number of rotatable bonds is 7. The molecule has 2 rings (SSSR count). The average Bonchev–Trinajstić information content (AvgIpc) is 2.54. The predicted molar refractivity (Wildman–Crippen MR) is 84.1 cm³/mol. The molecule has 1 aromatic carbocycles. The van der Waals surface area contributed by atoms with E-state index in [-0.39, 0.29) is 5.91 Å². The molecule has 0 radical (unpaired) electrons. The zero-order valence-corrected chi connectivity index (χ0v) is 12.6. The van der Waals surface area contributed by atoms with Gasteiger partial charge in [0, 0.05) is 6.54 Å². The van der Waals surface area contributed by atoms with E-state index in [0.29, 0.717) is 24.9 Å². The van der Waals surface area contributed by atoms with Crippen LogP contribution in [0.3, 0.4) is 0 Å². The van der Waals surface area contributed by atoms with Crippen molar-refractivity contribution in [3.8, 4) is 5.75 Å². The molecular formula is C17H26N2O2. The molecule has 1 aliphatic carbocycles. The zero-order valence-electron chi connectivity index (χ0n) is 12.6. The van der Waals surface area contributed by atoms with Gasteiger partial charge in [0.1, 0.15) is 5.75 Å². The van der Waals surface area contributed by atoms with E-state index in [0.717, 1.165) is 18.8 Å². The molecule has 0 spiro atoms. The highest BCUT2D eigenvalue weighted by atomic mass is 16.5. The smallest absolute Gasteiger partial charge is 0.223 e. The third kappa shape index (κ3) is 5.38. The van der Waals surface area contributed by atoms with Crippen molar-refractivity contribution in [2.45, 2.75) is 32.1 Å². The maximum absolute atomic E-state index is 11.8. The Hall–Kier alpha value is -1.55. The van der Waals surface area contributed by atoms with Crippen LogP contribution in [0.2, 0.25) is 0 Å². The Bertz CT molecular complexity index is 422. The van der Waals surface area contributed by atoms with Crippen LogP contribution in [0.15, 0.2) is 30.3 Å². The summed E-state index contributed by atoms with van der Waals surface area (Å²) in [4.78, 5) is 11.8. The van der Waals surface area contributed by atoms with Gasteiger partial charge in [-0.25, -0.2) is 0 Å². The Morgan fingerprint density at radius 2 is 1.90 bits per heavy atom. The van der Waals surface area contributed by atoms with E-state index in [4.69, 9.17) is 10.5 Å². The van der Waals surface area contributed by atoms with Gasteiger partial charge in [0.15, 0.2) is 0 Å². The summed E-state index contributed by atoms with van der Waals surface area (Å²) in [5.41, 5.74) is 5.81. The van der Waals surface area contributed by atoms with Gasteiger partial charge in [-0.3, -0.25) is 4.79 Å². The third-order valence-corrected chi connectivity index (χ3v) is 4.27. The summed E-state index contributed by atoms with van der Waals surface area (Å²) in [7, 11) is 0. The zero-order chi connectivity index (χ0) is 14.9. The number of ether oxygens (including phenoxy) is 1. The van der Waals surface area contributed by atoms with Gasteiger partial charge in [-0.05, 0) is 43.4 Å². The van der Waals surface area contributed by atoms with E-state index in [1.807, 2.05) is 30.3 Å². The van der Waals surface area contributed by atoms with Gasteiger partial charge in [-0.1, -0.05) is 31.0 Å². The van der Waals surface area contributed by atoms with E-state index < -0.39 is 0 Å². The van der Waals surface area contributed by atoms with Gasteiger partial charge in [-0.2, -0.15) is 0 Å². The normalized spacial score (nSPS) is 21.8. The number of nitrogens with two attached hydrogens (primary N) is 1. The minimum Gasteiger partial charge on any atom is -0.493 e. The molecule has 1 aliphatic rings. The number of carbonyl (C=O) groups is 1. The van der Waals surface area contributed by atoms with Crippen molar-refractivity contribution in [2.24, 2.45) is 17.6 Å². The summed E-state index contributed by atoms with van der Waals surface area (Å²) in [6.07, 6.45) is 5.32.